The van der Waals surface area contributed by atoms with E-state index in [1.165, 1.54) is 55.5 Å². The standard InChI is InChI=1S/C84H120N24O22S2/c1-44(2)31-53(74(121)103-58(34-48-22-24-50(110)25-23-48)81(128)108-30-13-20-60(108)78(125)104-59(42-131)77(124)102-57(36-63(87)112)72(119)95-41-67(116)107-29-14-21-61(107)82(129)130)97-65(114)39-92-64(113)38-93-71(118)54(32-46-15-8-6-9-16-46)100-75(122)56(35-49-37-90-43-96-49)98-66(115)40-94-79(126)68(45(3)109)105-80(127)69(84(4,5)132)106-76(123)55(33-47-17-10-7-11-18-47)101-73(120)52(19-12-28-91-83(88)89)99-70(117)51(85)26-27-62(86)111/h6-11,15-18,22-25,37,43-45,51-61,68-69,109-110,131-132H,12-14,19-21,26-36,38-42,85H2,1-5H3,(H2,86,111)(H2,87,112)(H,90,96)(H,92,113)(H,93,118)(H,94,126)(H,95,119)(H,97,114)(H,98,115)(H,99,117)(H,100,122)(H,101,120)(H,102,124)(H,103,121)(H,104,125)(H,105,127)(H,106,123)(H,129,130)(H4,88,89,91)/t45-,51+,52+,53+,54+,55-,56+,57+,58+,59-,60+,61+,68+,69+/m1/s1. The van der Waals surface area contributed by atoms with E-state index in [-0.39, 0.29) is 120 Å². The molecule has 1 aromatic heterocycles. The van der Waals surface area contributed by atoms with Crippen LogP contribution in [0.4, 0.5) is 0 Å². The van der Waals surface area contributed by atoms with Crippen molar-refractivity contribution in [2.75, 3.05) is 51.6 Å². The van der Waals surface area contributed by atoms with Crippen molar-refractivity contribution >= 4 is 144 Å². The van der Waals surface area contributed by atoms with Crippen LogP contribution in [0.2, 0.25) is 0 Å². The van der Waals surface area contributed by atoms with E-state index in [0.717, 1.165) is 11.8 Å². The highest BCUT2D eigenvalue weighted by atomic mass is 32.1. The number of primary amides is 2. The van der Waals surface area contributed by atoms with Gasteiger partial charge in [-0.15, -0.1) is 0 Å². The summed E-state index contributed by atoms with van der Waals surface area (Å²) in [7, 11) is 0. The lowest BCUT2D eigenvalue weighted by molar-refractivity contribution is -0.148. The fraction of sp³-hybridized carbons (Fsp3) is 0.512. The second-order valence-electron chi connectivity index (χ2n) is 32.7. The molecule has 0 bridgehead atoms. The van der Waals surface area contributed by atoms with Crippen molar-refractivity contribution in [2.45, 2.75) is 214 Å². The fourth-order valence-electron chi connectivity index (χ4n) is 14.1. The van der Waals surface area contributed by atoms with E-state index in [9.17, 15) is 106 Å². The lowest BCUT2D eigenvalue weighted by atomic mass is 9.99. The third-order valence-electron chi connectivity index (χ3n) is 21.0. The van der Waals surface area contributed by atoms with Crippen LogP contribution in [-0.2, 0) is 117 Å². The van der Waals surface area contributed by atoms with Crippen LogP contribution in [0.1, 0.15) is 121 Å². The van der Waals surface area contributed by atoms with E-state index in [4.69, 9.17) is 28.7 Å². The number of phenols is 1. The summed E-state index contributed by atoms with van der Waals surface area (Å²) >= 11 is 8.82. The number of imidazole rings is 1. The van der Waals surface area contributed by atoms with E-state index >= 15 is 0 Å². The molecule has 0 aliphatic carbocycles. The van der Waals surface area contributed by atoms with E-state index < -0.39 is 234 Å². The molecule has 28 N–H and O–H groups in total. The highest BCUT2D eigenvalue weighted by Gasteiger charge is 2.44. The first-order valence-electron chi connectivity index (χ1n) is 42.6. The summed E-state index contributed by atoms with van der Waals surface area (Å²) in [6.07, 6.45) is -0.213. The number of hydrogen-bond donors (Lipinski definition) is 25. The van der Waals surface area contributed by atoms with Crippen LogP contribution in [0.25, 0.3) is 0 Å². The largest absolute Gasteiger partial charge is 0.508 e. The molecule has 48 heteroatoms. The maximum Gasteiger partial charge on any atom is 0.326 e. The number of rotatable bonds is 53. The Labute approximate surface area is 771 Å². The molecule has 132 heavy (non-hydrogen) atoms. The number of nitrogens with zero attached hydrogens (tertiary/aromatic N) is 4. The summed E-state index contributed by atoms with van der Waals surface area (Å²) in [5.74, 6) is -19.0. The molecule has 6 rings (SSSR count). The number of aromatic amines is 1. The molecule has 46 nitrogen and oxygen atoms in total. The predicted octanol–water partition coefficient (Wildman–Crippen LogP) is -7.65. The zero-order valence-electron chi connectivity index (χ0n) is 73.6. The van der Waals surface area contributed by atoms with Crippen molar-refractivity contribution in [3.63, 3.8) is 0 Å². The molecule has 0 saturated carbocycles. The average molecular weight is 1880 g/mol. The van der Waals surface area contributed by atoms with E-state index in [1.54, 1.807) is 74.5 Å². The minimum Gasteiger partial charge on any atom is -0.508 e. The van der Waals surface area contributed by atoms with Gasteiger partial charge in [-0.3, -0.25) is 91.3 Å². The molecule has 0 radical (unpaired) electrons. The fourth-order valence-corrected chi connectivity index (χ4v) is 14.6. The van der Waals surface area contributed by atoms with Gasteiger partial charge in [-0.25, -0.2) is 9.78 Å². The lowest BCUT2D eigenvalue weighted by Crippen LogP contribution is -2.64. The van der Waals surface area contributed by atoms with Gasteiger partial charge >= 0.3 is 5.97 Å². The number of benzene rings is 3. The van der Waals surface area contributed by atoms with Gasteiger partial charge in [0.2, 0.25) is 106 Å². The van der Waals surface area contributed by atoms with Gasteiger partial charge < -0.3 is 133 Å². The molecule has 0 unspecified atom stereocenters. The molecule has 3 aromatic carbocycles. The highest BCUT2D eigenvalue weighted by Crippen LogP contribution is 2.24. The molecule has 3 heterocycles. The van der Waals surface area contributed by atoms with Crippen LogP contribution in [0.15, 0.2) is 102 Å². The number of aliphatic hydroxyl groups excluding tert-OH is 1. The van der Waals surface area contributed by atoms with Gasteiger partial charge in [0.25, 0.3) is 0 Å². The number of nitrogens with two attached hydrogens (primary N) is 5. The third-order valence-corrected chi connectivity index (χ3v) is 21.6. The van der Waals surface area contributed by atoms with Crippen LogP contribution in [-0.4, -0.2) is 294 Å². The number of H-pyrrole nitrogens is 1. The number of phenolic OH excluding ortho intramolecular Hbond substituents is 1. The number of carboxylic acids is 1. The van der Waals surface area contributed by atoms with Gasteiger partial charge in [-0.2, -0.15) is 25.3 Å². The lowest BCUT2D eigenvalue weighted by Gasteiger charge is -2.33. The normalized spacial score (nSPS) is 16.2. The van der Waals surface area contributed by atoms with Crippen molar-refractivity contribution in [2.24, 2.45) is 39.6 Å². The molecule has 2 aliphatic heterocycles. The van der Waals surface area contributed by atoms with Crippen molar-refractivity contribution in [1.82, 2.24) is 94.2 Å². The van der Waals surface area contributed by atoms with Crippen LogP contribution in [0.5, 0.6) is 5.75 Å². The van der Waals surface area contributed by atoms with Gasteiger partial charge in [-0.05, 0) is 107 Å². The van der Waals surface area contributed by atoms with Crippen LogP contribution >= 0.6 is 25.3 Å². The number of aliphatic imine (C=N–C) groups is 1. The number of aliphatic carboxylic acids is 1. The van der Waals surface area contributed by atoms with Gasteiger partial charge in [0, 0.05) is 74.1 Å². The van der Waals surface area contributed by atoms with Crippen LogP contribution in [0, 0.1) is 5.92 Å². The maximum absolute atomic E-state index is 14.8. The number of carboxylic acid groups (broad SMARTS) is 1. The smallest absolute Gasteiger partial charge is 0.326 e. The number of guanidine groups is 1. The second-order valence-corrected chi connectivity index (χ2v) is 34.2. The SMILES string of the molecule is CC(C)C[C@H](NC(=O)CNC(=O)CNC(=O)[C@H](Cc1ccccc1)NC(=O)[C@H](Cc1cnc[nH]1)NC(=O)CNC(=O)[C@@H](NC(=O)[C@H](NC(=O)[C@@H](Cc1ccccc1)NC(=O)[C@H](CCCN=C(N)N)NC(=O)[C@@H](N)CCC(N)=O)C(C)(C)S)[C@@H](C)O)C(=O)N[C@@H](Cc1ccc(O)cc1)C(=O)N1CCC[C@H]1C(=O)N[C@H](CS)C(=O)N[C@@H](CC(N)=O)C(=O)NCC(=O)N1CCC[C@H]1C(=O)O. The van der Waals surface area contributed by atoms with E-state index in [1.807, 2.05) is 0 Å². The van der Waals surface area contributed by atoms with Crippen molar-refractivity contribution in [1.29, 1.82) is 0 Å². The van der Waals surface area contributed by atoms with Gasteiger partial charge in [-0.1, -0.05) is 86.6 Å². The summed E-state index contributed by atoms with van der Waals surface area (Å²) in [6.45, 7) is 4.44. The zero-order valence-corrected chi connectivity index (χ0v) is 75.4. The Morgan fingerprint density at radius 3 is 1.58 bits per heavy atom. The summed E-state index contributed by atoms with van der Waals surface area (Å²) in [5, 5.41) is 65.5. The zero-order chi connectivity index (χ0) is 97.6. The van der Waals surface area contributed by atoms with Crippen molar-refractivity contribution in [3.8, 4) is 5.75 Å². The molecule has 2 fully saturated rings. The monoisotopic (exact) mass is 1880 g/mol. The minimum absolute atomic E-state index is 0.0290. The molecule has 4 aromatic rings. The third kappa shape index (κ3) is 36.1. The average Bonchev–Trinajstić information content (AvgIpc) is 1.70. The second kappa shape index (κ2) is 53.0. The molecular weight excluding hydrogens is 1760 g/mol. The number of nitrogens with one attached hydrogen (secondary N) is 15. The quantitative estimate of drug-likeness (QED) is 0.00845. The Bertz CT molecular complexity index is 4720. The first-order chi connectivity index (χ1) is 62.4. The summed E-state index contributed by atoms with van der Waals surface area (Å²) in [4.78, 5) is 272. The van der Waals surface area contributed by atoms with Gasteiger partial charge in [0.1, 0.15) is 78.3 Å². The van der Waals surface area contributed by atoms with E-state index in [0.29, 0.717) is 28.8 Å². The van der Waals surface area contributed by atoms with Gasteiger partial charge in [0.15, 0.2) is 5.96 Å². The van der Waals surface area contributed by atoms with Crippen molar-refractivity contribution in [3.05, 3.63) is 120 Å². The number of amides is 18. The van der Waals surface area contributed by atoms with Crippen LogP contribution in [0.3, 0.4) is 0 Å². The molecule has 720 valence electrons. The molecule has 2 aliphatic rings. The Hall–Kier alpha value is -13.5. The van der Waals surface area contributed by atoms with Gasteiger partial charge in [0.05, 0.1) is 51.1 Å². The molecular formula is C84H120N24O22S2. The number of hydrogen-bond acceptors (Lipinski definition) is 26. The Morgan fingerprint density at radius 1 is 0.523 bits per heavy atom. The van der Waals surface area contributed by atoms with Crippen molar-refractivity contribution < 1.29 is 106 Å². The number of aliphatic hydroxyl groups is 1. The minimum atomic E-state index is -1.85. The maximum atomic E-state index is 14.8. The van der Waals surface area contributed by atoms with E-state index in [2.05, 4.69) is 115 Å². The number of aromatic hydroxyl groups is 1. The number of thiol groups is 2. The summed E-state index contributed by atoms with van der Waals surface area (Å²) in [5.41, 5.74) is 29.4. The first kappa shape index (κ1) is 107. The number of carbonyl (C=O) groups excluding carboxylic acids is 18. The number of aromatic nitrogens is 2. The first-order valence-corrected chi connectivity index (χ1v) is 43.7. The number of likely N-dealkylation sites (tertiary alicyclic amines) is 2. The molecule has 2 saturated heterocycles. The Morgan fingerprint density at radius 2 is 1.02 bits per heavy atom. The van der Waals surface area contributed by atoms with Crippen LogP contribution < -0.4 is 103 Å². The number of carbonyl (C=O) groups is 19. The topological polar surface area (TPSA) is 731 Å². The predicted molar refractivity (Wildman–Crippen MR) is 481 cm³/mol. The summed E-state index contributed by atoms with van der Waals surface area (Å²) in [6, 6.07) is 3.20. The Balaban J connectivity index is 1.09. The summed E-state index contributed by atoms with van der Waals surface area (Å²) < 4.78 is -1.48. The molecule has 18 amide bonds. The molecule has 14 atom stereocenters. The molecule has 0 spiro atoms. The Kier molecular flexibility index (Phi) is 43.0. The highest BCUT2D eigenvalue weighted by molar-refractivity contribution is 7.81.